The van der Waals surface area contributed by atoms with E-state index in [0.29, 0.717) is 19.3 Å². The van der Waals surface area contributed by atoms with E-state index in [9.17, 15) is 14.4 Å². The predicted molar refractivity (Wildman–Crippen MR) is 252 cm³/mol. The van der Waals surface area contributed by atoms with Crippen molar-refractivity contribution in [3.63, 3.8) is 0 Å². The summed E-state index contributed by atoms with van der Waals surface area (Å²) in [4.78, 5) is 37.9. The lowest BCUT2D eigenvalue weighted by molar-refractivity contribution is -0.167. The zero-order chi connectivity index (χ0) is 43.0. The first-order valence-electron chi connectivity index (χ1n) is 25.1. The van der Waals surface area contributed by atoms with Crippen LogP contribution in [0.2, 0.25) is 0 Å². The van der Waals surface area contributed by atoms with Gasteiger partial charge in [-0.15, -0.1) is 0 Å². The molecule has 0 aliphatic rings. The summed E-state index contributed by atoms with van der Waals surface area (Å²) in [5.74, 6) is -0.901. The molecule has 0 aliphatic heterocycles. The van der Waals surface area contributed by atoms with E-state index < -0.39 is 6.10 Å². The molecule has 0 unspecified atom stereocenters. The Morgan fingerprint density at radius 2 is 0.661 bits per heavy atom. The van der Waals surface area contributed by atoms with E-state index in [2.05, 4.69) is 69.4 Å². The maximum atomic E-state index is 12.8. The van der Waals surface area contributed by atoms with Gasteiger partial charge in [0.1, 0.15) is 13.2 Å². The van der Waals surface area contributed by atoms with E-state index in [1.807, 2.05) is 0 Å². The van der Waals surface area contributed by atoms with E-state index in [4.69, 9.17) is 14.2 Å². The van der Waals surface area contributed by atoms with E-state index in [1.165, 1.54) is 109 Å². The molecule has 6 nitrogen and oxygen atoms in total. The minimum atomic E-state index is -0.781. The number of unbranched alkanes of at least 4 members (excludes halogenated alkanes) is 26. The maximum Gasteiger partial charge on any atom is 0.306 e. The molecule has 0 radical (unpaired) electrons. The summed E-state index contributed by atoms with van der Waals surface area (Å²) in [7, 11) is 0. The Balaban J connectivity index is 4.41. The molecule has 59 heavy (non-hydrogen) atoms. The Morgan fingerprint density at radius 1 is 0.356 bits per heavy atom. The molecule has 0 fully saturated rings. The van der Waals surface area contributed by atoms with Gasteiger partial charge in [-0.25, -0.2) is 0 Å². The van der Waals surface area contributed by atoms with Crippen LogP contribution in [0.3, 0.4) is 0 Å². The first-order valence-corrected chi connectivity index (χ1v) is 25.1. The lowest BCUT2D eigenvalue weighted by Crippen LogP contribution is -2.30. The highest BCUT2D eigenvalue weighted by molar-refractivity contribution is 5.71. The molecule has 0 aliphatic carbocycles. The number of hydrogen-bond donors (Lipinski definition) is 0. The summed E-state index contributed by atoms with van der Waals surface area (Å²) in [6, 6.07) is 0. The SMILES string of the molecule is CC/C=C\C/C=C\C/C=C\CCCCCCCC(=O)O[C@H](COC(=O)CCCCCCC/C=C\CCCCCC)COC(=O)CCCCCCCCCCCCCCC. The second kappa shape index (κ2) is 48.0. The number of esters is 3. The molecule has 0 saturated carbocycles. The highest BCUT2D eigenvalue weighted by atomic mass is 16.6. The first-order chi connectivity index (χ1) is 29.0. The van der Waals surface area contributed by atoms with Gasteiger partial charge in [0.05, 0.1) is 0 Å². The van der Waals surface area contributed by atoms with Crippen molar-refractivity contribution in [2.45, 2.75) is 258 Å². The van der Waals surface area contributed by atoms with Crippen molar-refractivity contribution in [3.8, 4) is 0 Å². The minimum Gasteiger partial charge on any atom is -0.462 e. The summed E-state index contributed by atoms with van der Waals surface area (Å²) in [6.45, 7) is 6.50. The average Bonchev–Trinajstić information content (AvgIpc) is 3.23. The average molecular weight is 827 g/mol. The number of carbonyl (C=O) groups excluding carboxylic acids is 3. The fourth-order valence-electron chi connectivity index (χ4n) is 7.04. The van der Waals surface area contributed by atoms with Gasteiger partial charge in [-0.3, -0.25) is 14.4 Å². The fraction of sp³-hybridized carbons (Fsp3) is 0.792. The van der Waals surface area contributed by atoms with E-state index in [-0.39, 0.29) is 31.1 Å². The molecule has 0 heterocycles. The van der Waals surface area contributed by atoms with E-state index in [1.54, 1.807) is 0 Å². The number of carbonyl (C=O) groups is 3. The Kier molecular flexibility index (Phi) is 45.9. The molecule has 0 spiro atoms. The first kappa shape index (κ1) is 56.4. The van der Waals surface area contributed by atoms with Gasteiger partial charge in [0.2, 0.25) is 0 Å². The van der Waals surface area contributed by atoms with Crippen molar-refractivity contribution in [2.75, 3.05) is 13.2 Å². The van der Waals surface area contributed by atoms with Crippen LogP contribution in [0.25, 0.3) is 0 Å². The number of rotatable bonds is 45. The van der Waals surface area contributed by atoms with Gasteiger partial charge in [-0.05, 0) is 77.0 Å². The molecule has 6 heteroatoms. The van der Waals surface area contributed by atoms with E-state index in [0.717, 1.165) is 103 Å². The standard InChI is InChI=1S/C53H94O6/c1-4-7-10-13-16-19-22-25-26-29-32-35-38-41-44-47-53(56)59-50(48-57-51(54)45-42-39-36-33-30-27-23-20-17-14-11-8-5-2)49-58-52(55)46-43-40-37-34-31-28-24-21-18-15-12-9-6-3/h7,10,16,19-20,23,25-26,50H,4-6,8-9,11-15,17-18,21-22,24,27-49H2,1-3H3/b10-7-,19-16-,23-20-,26-25-/t50-/m1/s1. The van der Waals surface area contributed by atoms with Crippen LogP contribution in [0.1, 0.15) is 252 Å². The zero-order valence-electron chi connectivity index (χ0n) is 39.0. The third kappa shape index (κ3) is 46.3. The largest absolute Gasteiger partial charge is 0.462 e. The van der Waals surface area contributed by atoms with Crippen LogP contribution in [-0.4, -0.2) is 37.2 Å². The number of hydrogen-bond acceptors (Lipinski definition) is 6. The molecule has 0 aromatic heterocycles. The Bertz CT molecular complexity index is 1040. The monoisotopic (exact) mass is 827 g/mol. The molecule has 0 bridgehead atoms. The second-order valence-electron chi connectivity index (χ2n) is 16.7. The van der Waals surface area contributed by atoms with Crippen molar-refractivity contribution in [2.24, 2.45) is 0 Å². The van der Waals surface area contributed by atoms with Crippen LogP contribution in [0, 0.1) is 0 Å². The summed E-state index contributed by atoms with van der Waals surface area (Å²) >= 11 is 0. The van der Waals surface area contributed by atoms with Crippen molar-refractivity contribution in [1.29, 1.82) is 0 Å². The zero-order valence-corrected chi connectivity index (χ0v) is 39.0. The van der Waals surface area contributed by atoms with Crippen LogP contribution in [0.4, 0.5) is 0 Å². The van der Waals surface area contributed by atoms with Gasteiger partial charge in [-0.1, -0.05) is 204 Å². The van der Waals surface area contributed by atoms with Crippen molar-refractivity contribution >= 4 is 17.9 Å². The molecular weight excluding hydrogens is 733 g/mol. The van der Waals surface area contributed by atoms with Crippen LogP contribution in [0.15, 0.2) is 48.6 Å². The molecule has 0 N–H and O–H groups in total. The number of allylic oxidation sites excluding steroid dienone is 8. The highest BCUT2D eigenvalue weighted by Gasteiger charge is 2.19. The van der Waals surface area contributed by atoms with Gasteiger partial charge in [0, 0.05) is 19.3 Å². The highest BCUT2D eigenvalue weighted by Crippen LogP contribution is 2.15. The molecule has 0 aromatic rings. The quantitative estimate of drug-likeness (QED) is 0.0263. The lowest BCUT2D eigenvalue weighted by atomic mass is 10.0. The molecule has 0 saturated heterocycles. The maximum absolute atomic E-state index is 12.8. The topological polar surface area (TPSA) is 78.9 Å². The summed E-state index contributed by atoms with van der Waals surface area (Å²) in [6.07, 6.45) is 56.6. The molecule has 1 atom stereocenters. The second-order valence-corrected chi connectivity index (χ2v) is 16.7. The Labute approximate surface area is 365 Å². The van der Waals surface area contributed by atoms with Gasteiger partial charge < -0.3 is 14.2 Å². The van der Waals surface area contributed by atoms with Crippen molar-refractivity contribution in [3.05, 3.63) is 48.6 Å². The summed E-state index contributed by atoms with van der Waals surface area (Å²) in [5, 5.41) is 0. The van der Waals surface area contributed by atoms with Crippen LogP contribution in [-0.2, 0) is 28.6 Å². The minimum absolute atomic E-state index is 0.0807. The van der Waals surface area contributed by atoms with Gasteiger partial charge in [0.25, 0.3) is 0 Å². The van der Waals surface area contributed by atoms with Crippen molar-refractivity contribution < 1.29 is 28.6 Å². The third-order valence-electron chi connectivity index (χ3n) is 10.8. The van der Waals surface area contributed by atoms with E-state index >= 15 is 0 Å². The molecular formula is C53H94O6. The number of ether oxygens (including phenoxy) is 3. The molecule has 0 rings (SSSR count). The Morgan fingerprint density at radius 3 is 1.07 bits per heavy atom. The van der Waals surface area contributed by atoms with Gasteiger partial charge in [0.15, 0.2) is 6.10 Å². The third-order valence-corrected chi connectivity index (χ3v) is 10.8. The van der Waals surface area contributed by atoms with Gasteiger partial charge >= 0.3 is 17.9 Å². The van der Waals surface area contributed by atoms with Crippen molar-refractivity contribution in [1.82, 2.24) is 0 Å². The summed E-state index contributed by atoms with van der Waals surface area (Å²) < 4.78 is 16.8. The molecule has 0 amide bonds. The van der Waals surface area contributed by atoms with Crippen LogP contribution < -0.4 is 0 Å². The van der Waals surface area contributed by atoms with Crippen LogP contribution >= 0.6 is 0 Å². The normalized spacial score (nSPS) is 12.4. The Hall–Kier alpha value is -2.63. The fourth-order valence-corrected chi connectivity index (χ4v) is 7.04. The van der Waals surface area contributed by atoms with Crippen LogP contribution in [0.5, 0.6) is 0 Å². The van der Waals surface area contributed by atoms with Gasteiger partial charge in [-0.2, -0.15) is 0 Å². The predicted octanol–water partition coefficient (Wildman–Crippen LogP) is 16.3. The smallest absolute Gasteiger partial charge is 0.306 e. The lowest BCUT2D eigenvalue weighted by Gasteiger charge is -2.18. The summed E-state index contributed by atoms with van der Waals surface area (Å²) in [5.41, 5.74) is 0. The molecule has 342 valence electrons. The molecule has 0 aromatic carbocycles.